The third kappa shape index (κ3) is 5.46. The summed E-state index contributed by atoms with van der Waals surface area (Å²) in [5.41, 5.74) is 15.7. The molecule has 57 heavy (non-hydrogen) atoms. The van der Waals surface area contributed by atoms with Crippen LogP contribution in [0.4, 0.5) is 0 Å². The van der Waals surface area contributed by atoms with Crippen LogP contribution in [0.2, 0.25) is 0 Å². The summed E-state index contributed by atoms with van der Waals surface area (Å²) in [6.45, 7) is 2.36. The zero-order valence-corrected chi connectivity index (χ0v) is 32.2. The molecule has 2 aromatic heterocycles. The van der Waals surface area contributed by atoms with Crippen LogP contribution < -0.4 is 0 Å². The second kappa shape index (κ2) is 13.4. The lowest BCUT2D eigenvalue weighted by atomic mass is 9.74. The van der Waals surface area contributed by atoms with Crippen molar-refractivity contribution in [1.29, 1.82) is 0 Å². The zero-order chi connectivity index (χ0) is 37.9. The first-order valence-corrected chi connectivity index (χ1v) is 20.3. The Morgan fingerprint density at radius 1 is 0.386 bits per heavy atom. The number of thiophene rings is 1. The van der Waals surface area contributed by atoms with Gasteiger partial charge in [0.25, 0.3) is 0 Å². The molecule has 0 N–H and O–H groups in total. The van der Waals surface area contributed by atoms with E-state index in [0.29, 0.717) is 5.82 Å². The predicted octanol–water partition coefficient (Wildman–Crippen LogP) is 14.5. The molecule has 3 heteroatoms. The first kappa shape index (κ1) is 33.4. The zero-order valence-electron chi connectivity index (χ0n) is 31.4. The van der Waals surface area contributed by atoms with Crippen molar-refractivity contribution in [3.05, 3.63) is 217 Å². The van der Waals surface area contributed by atoms with E-state index < -0.39 is 0 Å². The van der Waals surface area contributed by atoms with Gasteiger partial charge in [0.15, 0.2) is 5.82 Å². The van der Waals surface area contributed by atoms with Gasteiger partial charge in [-0.3, -0.25) is 0 Å². The van der Waals surface area contributed by atoms with Crippen LogP contribution >= 0.6 is 11.3 Å². The van der Waals surface area contributed by atoms with Crippen molar-refractivity contribution < 1.29 is 0 Å². The third-order valence-electron chi connectivity index (χ3n) is 11.8. The van der Waals surface area contributed by atoms with Gasteiger partial charge in [-0.1, -0.05) is 170 Å². The van der Waals surface area contributed by atoms with Crippen LogP contribution in [-0.2, 0) is 5.41 Å². The highest BCUT2D eigenvalue weighted by molar-refractivity contribution is 7.25. The number of rotatable bonds is 6. The molecule has 1 aliphatic carbocycles. The van der Waals surface area contributed by atoms with Crippen molar-refractivity contribution in [2.24, 2.45) is 0 Å². The lowest BCUT2D eigenvalue weighted by molar-refractivity contribution is 0.714. The molecule has 11 rings (SSSR count). The summed E-state index contributed by atoms with van der Waals surface area (Å²) in [5, 5.41) is 2.62. The minimum Gasteiger partial charge on any atom is -0.228 e. The number of aromatic nitrogens is 2. The lowest BCUT2D eigenvalue weighted by Crippen LogP contribution is -2.22. The Hall–Kier alpha value is -6.94. The van der Waals surface area contributed by atoms with Crippen molar-refractivity contribution in [1.82, 2.24) is 9.97 Å². The first-order valence-electron chi connectivity index (χ1n) is 19.5. The van der Waals surface area contributed by atoms with Gasteiger partial charge in [-0.05, 0) is 87.3 Å². The Kier molecular flexibility index (Phi) is 7.84. The second-order valence-electron chi connectivity index (χ2n) is 15.0. The van der Waals surface area contributed by atoms with Crippen molar-refractivity contribution in [2.75, 3.05) is 0 Å². The second-order valence-corrected chi connectivity index (χ2v) is 16.1. The van der Waals surface area contributed by atoms with Crippen LogP contribution in [0.3, 0.4) is 0 Å². The Labute approximate surface area is 336 Å². The standard InChI is InChI=1S/C54H36N2S/c1-54(39-20-6-3-7-21-39)46-27-12-10-25-43(46)52-44(26-15-28-47(52)54)49-34-48(55-53(56-49)35-16-4-2-5-17-35)41-23-9-8-22-40(41)38-19-14-18-36(32-38)37-30-31-51-45(33-37)42-24-11-13-29-50(42)57-51/h2-34H,1H3. The van der Waals surface area contributed by atoms with Gasteiger partial charge in [0.1, 0.15) is 0 Å². The summed E-state index contributed by atoms with van der Waals surface area (Å²) in [6.07, 6.45) is 0. The summed E-state index contributed by atoms with van der Waals surface area (Å²) < 4.78 is 2.63. The molecule has 0 saturated carbocycles. The highest BCUT2D eigenvalue weighted by Crippen LogP contribution is 2.55. The SMILES string of the molecule is CC1(c2ccccc2)c2ccccc2-c2c(-c3cc(-c4ccccc4-c4cccc(-c5ccc6sc7ccccc7c6c5)c4)nc(-c4ccccc4)n3)cccc21. The number of benzene rings is 8. The Bertz CT molecular complexity index is 3140. The number of fused-ring (bicyclic) bond motifs is 6. The molecule has 0 spiro atoms. The van der Waals surface area contributed by atoms with Crippen LogP contribution in [0.15, 0.2) is 200 Å². The molecule has 0 saturated heterocycles. The smallest absolute Gasteiger partial charge is 0.160 e. The van der Waals surface area contributed by atoms with Gasteiger partial charge < -0.3 is 0 Å². The third-order valence-corrected chi connectivity index (χ3v) is 13.0. The van der Waals surface area contributed by atoms with Crippen LogP contribution in [0.5, 0.6) is 0 Å². The van der Waals surface area contributed by atoms with E-state index in [9.17, 15) is 0 Å². The topological polar surface area (TPSA) is 25.8 Å². The van der Waals surface area contributed by atoms with Crippen molar-refractivity contribution in [3.63, 3.8) is 0 Å². The summed E-state index contributed by atoms with van der Waals surface area (Å²) in [5.74, 6) is 0.706. The molecular weight excluding hydrogens is 709 g/mol. The van der Waals surface area contributed by atoms with Crippen LogP contribution in [0, 0.1) is 0 Å². The van der Waals surface area contributed by atoms with Gasteiger partial charge in [0, 0.05) is 42.3 Å². The fourth-order valence-electron chi connectivity index (χ4n) is 9.01. The molecule has 0 radical (unpaired) electrons. The Morgan fingerprint density at radius 2 is 0.965 bits per heavy atom. The molecule has 1 aliphatic rings. The maximum Gasteiger partial charge on any atom is 0.160 e. The monoisotopic (exact) mass is 744 g/mol. The molecule has 10 aromatic rings. The van der Waals surface area contributed by atoms with E-state index in [1.54, 1.807) is 0 Å². The highest BCUT2D eigenvalue weighted by Gasteiger charge is 2.41. The van der Waals surface area contributed by atoms with Crippen molar-refractivity contribution in [2.45, 2.75) is 12.3 Å². The largest absolute Gasteiger partial charge is 0.228 e. The van der Waals surface area contributed by atoms with Gasteiger partial charge in [0.05, 0.1) is 11.4 Å². The van der Waals surface area contributed by atoms with Crippen LogP contribution in [0.1, 0.15) is 23.6 Å². The van der Waals surface area contributed by atoms with Crippen molar-refractivity contribution in [3.8, 4) is 67.3 Å². The van der Waals surface area contributed by atoms with E-state index in [4.69, 9.17) is 9.97 Å². The van der Waals surface area contributed by atoms with E-state index in [0.717, 1.165) is 39.2 Å². The van der Waals surface area contributed by atoms with E-state index in [1.807, 2.05) is 17.4 Å². The molecular formula is C54H36N2S. The average molecular weight is 745 g/mol. The molecule has 1 atom stereocenters. The van der Waals surface area contributed by atoms with E-state index in [1.165, 1.54) is 59.1 Å². The molecule has 0 bridgehead atoms. The fraction of sp³-hybridized carbons (Fsp3) is 0.0370. The molecule has 0 amide bonds. The Balaban J connectivity index is 1.08. The number of nitrogens with zero attached hydrogens (tertiary/aromatic N) is 2. The van der Waals surface area contributed by atoms with E-state index in [2.05, 4.69) is 201 Å². The predicted molar refractivity (Wildman–Crippen MR) is 240 cm³/mol. The summed E-state index contributed by atoms with van der Waals surface area (Å²) >= 11 is 1.85. The quantitative estimate of drug-likeness (QED) is 0.169. The first-order chi connectivity index (χ1) is 28.1. The molecule has 2 nitrogen and oxygen atoms in total. The van der Waals surface area contributed by atoms with Gasteiger partial charge in [-0.25, -0.2) is 9.97 Å². The van der Waals surface area contributed by atoms with Gasteiger partial charge in [-0.15, -0.1) is 11.3 Å². The maximum atomic E-state index is 5.36. The summed E-state index contributed by atoms with van der Waals surface area (Å²) in [4.78, 5) is 10.7. The Morgan fingerprint density at radius 3 is 1.81 bits per heavy atom. The molecule has 1 unspecified atom stereocenters. The van der Waals surface area contributed by atoms with E-state index >= 15 is 0 Å². The highest BCUT2D eigenvalue weighted by atomic mass is 32.1. The minimum atomic E-state index is -0.306. The molecule has 2 heterocycles. The van der Waals surface area contributed by atoms with Gasteiger partial charge in [0.2, 0.25) is 0 Å². The molecule has 8 aromatic carbocycles. The van der Waals surface area contributed by atoms with Crippen LogP contribution in [0.25, 0.3) is 87.5 Å². The average Bonchev–Trinajstić information content (AvgIpc) is 3.79. The minimum absolute atomic E-state index is 0.306. The maximum absolute atomic E-state index is 5.36. The van der Waals surface area contributed by atoms with E-state index in [-0.39, 0.29) is 5.41 Å². The number of hydrogen-bond acceptors (Lipinski definition) is 3. The lowest BCUT2D eigenvalue weighted by Gasteiger charge is -2.28. The fourth-order valence-corrected chi connectivity index (χ4v) is 10.1. The molecule has 268 valence electrons. The van der Waals surface area contributed by atoms with Crippen molar-refractivity contribution >= 4 is 31.5 Å². The summed E-state index contributed by atoms with van der Waals surface area (Å²) in [7, 11) is 0. The molecule has 0 aliphatic heterocycles. The van der Waals surface area contributed by atoms with Gasteiger partial charge >= 0.3 is 0 Å². The van der Waals surface area contributed by atoms with Gasteiger partial charge in [-0.2, -0.15) is 0 Å². The molecule has 0 fully saturated rings. The normalized spacial score (nSPS) is 14.5. The summed E-state index contributed by atoms with van der Waals surface area (Å²) in [6, 6.07) is 72.2. The van der Waals surface area contributed by atoms with Crippen LogP contribution in [-0.4, -0.2) is 9.97 Å². The number of hydrogen-bond donors (Lipinski definition) is 0.